The molecule has 0 unspecified atom stereocenters. The first-order valence-corrected chi connectivity index (χ1v) is 6.83. The zero-order chi connectivity index (χ0) is 15.3. The SMILES string of the molecule is CC1(C)OB(c2ccc(C(F)(F)F)c(Br)n2)OC1(C)C. The lowest BCUT2D eigenvalue weighted by Crippen LogP contribution is -2.41. The van der Waals surface area contributed by atoms with E-state index in [1.807, 2.05) is 27.7 Å². The summed E-state index contributed by atoms with van der Waals surface area (Å²) in [7, 11) is -0.779. The molecular weight excluding hydrogens is 338 g/mol. The van der Waals surface area contributed by atoms with Gasteiger partial charge in [0.1, 0.15) is 4.60 Å². The van der Waals surface area contributed by atoms with Gasteiger partial charge in [0.25, 0.3) is 0 Å². The first kappa shape index (κ1) is 15.8. The van der Waals surface area contributed by atoms with Gasteiger partial charge in [0.15, 0.2) is 0 Å². The molecule has 0 bridgehead atoms. The van der Waals surface area contributed by atoms with Crippen molar-refractivity contribution in [1.82, 2.24) is 4.98 Å². The minimum atomic E-state index is -4.44. The average molecular weight is 352 g/mol. The second-order valence-corrected chi connectivity index (χ2v) is 6.41. The van der Waals surface area contributed by atoms with Crippen molar-refractivity contribution in [2.75, 3.05) is 0 Å². The van der Waals surface area contributed by atoms with Gasteiger partial charge in [-0.05, 0) is 55.8 Å². The van der Waals surface area contributed by atoms with E-state index in [2.05, 4.69) is 20.9 Å². The Balaban J connectivity index is 2.31. The van der Waals surface area contributed by atoms with E-state index in [1.54, 1.807) is 0 Å². The molecule has 1 saturated heterocycles. The molecular formula is C12H14BBrF3NO2. The topological polar surface area (TPSA) is 31.4 Å². The molecule has 110 valence electrons. The first-order chi connectivity index (χ1) is 8.94. The lowest BCUT2D eigenvalue weighted by atomic mass is 9.84. The van der Waals surface area contributed by atoms with Crippen molar-refractivity contribution in [1.29, 1.82) is 0 Å². The highest BCUT2D eigenvalue weighted by Gasteiger charge is 2.52. The van der Waals surface area contributed by atoms with Gasteiger partial charge in [0.2, 0.25) is 0 Å². The summed E-state index contributed by atoms with van der Waals surface area (Å²) in [4.78, 5) is 3.90. The molecule has 1 fully saturated rings. The zero-order valence-corrected chi connectivity index (χ0v) is 13.1. The third-order valence-electron chi connectivity index (χ3n) is 3.67. The Bertz CT molecular complexity index is 518. The quantitative estimate of drug-likeness (QED) is 0.575. The standard InChI is InChI=1S/C12H14BBrF3NO2/c1-10(2)11(3,4)20-13(19-10)8-6-5-7(9(14)18-8)12(15,16)17/h5-6H,1-4H3. The van der Waals surface area contributed by atoms with Gasteiger partial charge < -0.3 is 9.31 Å². The highest BCUT2D eigenvalue weighted by molar-refractivity contribution is 9.10. The summed E-state index contributed by atoms with van der Waals surface area (Å²) in [6.45, 7) is 7.47. The van der Waals surface area contributed by atoms with Crippen LogP contribution in [0.15, 0.2) is 16.7 Å². The van der Waals surface area contributed by atoms with Gasteiger partial charge in [-0.25, -0.2) is 4.98 Å². The van der Waals surface area contributed by atoms with Crippen LogP contribution < -0.4 is 5.59 Å². The van der Waals surface area contributed by atoms with Crippen molar-refractivity contribution in [3.63, 3.8) is 0 Å². The molecule has 2 rings (SSSR count). The van der Waals surface area contributed by atoms with Crippen molar-refractivity contribution in [3.05, 3.63) is 22.3 Å². The van der Waals surface area contributed by atoms with E-state index >= 15 is 0 Å². The van der Waals surface area contributed by atoms with Crippen LogP contribution >= 0.6 is 15.9 Å². The van der Waals surface area contributed by atoms with Gasteiger partial charge in [-0.15, -0.1) is 0 Å². The lowest BCUT2D eigenvalue weighted by Gasteiger charge is -2.32. The van der Waals surface area contributed by atoms with E-state index in [-0.39, 0.29) is 4.60 Å². The number of halogens is 4. The smallest absolute Gasteiger partial charge is 0.398 e. The zero-order valence-electron chi connectivity index (χ0n) is 11.5. The van der Waals surface area contributed by atoms with Crippen LogP contribution in [0.5, 0.6) is 0 Å². The summed E-state index contributed by atoms with van der Waals surface area (Å²) >= 11 is 2.84. The van der Waals surface area contributed by atoms with Crippen LogP contribution in [0.4, 0.5) is 13.2 Å². The molecule has 8 heteroatoms. The fourth-order valence-corrected chi connectivity index (χ4v) is 2.32. The molecule has 0 spiro atoms. The normalized spacial score (nSPS) is 21.3. The van der Waals surface area contributed by atoms with Crippen molar-refractivity contribution < 1.29 is 22.5 Å². The summed E-state index contributed by atoms with van der Waals surface area (Å²) in [6.07, 6.45) is -4.44. The highest BCUT2D eigenvalue weighted by Crippen LogP contribution is 2.37. The van der Waals surface area contributed by atoms with Gasteiger partial charge in [-0.2, -0.15) is 13.2 Å². The Morgan fingerprint density at radius 3 is 2.00 bits per heavy atom. The maximum atomic E-state index is 12.7. The monoisotopic (exact) mass is 351 g/mol. The third-order valence-corrected chi connectivity index (χ3v) is 4.27. The van der Waals surface area contributed by atoms with E-state index in [0.717, 1.165) is 6.07 Å². The molecule has 20 heavy (non-hydrogen) atoms. The molecule has 0 amide bonds. The number of aromatic nitrogens is 1. The van der Waals surface area contributed by atoms with Gasteiger partial charge in [0, 0.05) is 0 Å². The Morgan fingerprint density at radius 1 is 1.10 bits per heavy atom. The molecule has 0 atom stereocenters. The number of alkyl halides is 3. The van der Waals surface area contributed by atoms with Crippen molar-refractivity contribution in [2.45, 2.75) is 45.1 Å². The summed E-state index contributed by atoms with van der Waals surface area (Å²) < 4.78 is 49.2. The van der Waals surface area contributed by atoms with Gasteiger partial charge in [-0.3, -0.25) is 0 Å². The maximum Gasteiger partial charge on any atom is 0.514 e. The molecule has 2 heterocycles. The van der Waals surface area contributed by atoms with Crippen molar-refractivity contribution in [3.8, 4) is 0 Å². The molecule has 1 aliphatic rings. The Labute approximate surface area is 124 Å². The Hall–Kier alpha value is -0.595. The second-order valence-electron chi connectivity index (χ2n) is 5.66. The largest absolute Gasteiger partial charge is 0.514 e. The molecule has 1 aliphatic heterocycles. The van der Waals surface area contributed by atoms with Crippen LogP contribution in [-0.4, -0.2) is 23.3 Å². The van der Waals surface area contributed by atoms with E-state index < -0.39 is 30.1 Å². The molecule has 3 nitrogen and oxygen atoms in total. The number of pyridine rings is 1. The average Bonchev–Trinajstić information content (AvgIpc) is 2.46. The van der Waals surface area contributed by atoms with Gasteiger partial charge in [0.05, 0.1) is 22.4 Å². The fraction of sp³-hybridized carbons (Fsp3) is 0.583. The Morgan fingerprint density at radius 2 is 1.60 bits per heavy atom. The maximum absolute atomic E-state index is 12.7. The number of hydrogen-bond acceptors (Lipinski definition) is 3. The van der Waals surface area contributed by atoms with Crippen LogP contribution in [0, 0.1) is 0 Å². The molecule has 1 aromatic rings. The van der Waals surface area contributed by atoms with E-state index in [1.165, 1.54) is 6.07 Å². The van der Waals surface area contributed by atoms with E-state index in [0.29, 0.717) is 5.59 Å². The number of nitrogens with zero attached hydrogens (tertiary/aromatic N) is 1. The molecule has 0 radical (unpaired) electrons. The van der Waals surface area contributed by atoms with Crippen LogP contribution in [0.1, 0.15) is 33.3 Å². The number of rotatable bonds is 1. The first-order valence-electron chi connectivity index (χ1n) is 6.03. The predicted octanol–water partition coefficient (Wildman–Crippen LogP) is 3.16. The second kappa shape index (κ2) is 4.71. The van der Waals surface area contributed by atoms with Crippen LogP contribution in [0.25, 0.3) is 0 Å². The Kier molecular flexibility index (Phi) is 3.72. The summed E-state index contributed by atoms with van der Waals surface area (Å²) in [5.41, 5.74) is -1.63. The molecule has 1 aromatic heterocycles. The lowest BCUT2D eigenvalue weighted by molar-refractivity contribution is -0.138. The predicted molar refractivity (Wildman–Crippen MR) is 72.7 cm³/mol. The fourth-order valence-electron chi connectivity index (χ4n) is 1.75. The number of hydrogen-bond donors (Lipinski definition) is 0. The van der Waals surface area contributed by atoms with E-state index in [4.69, 9.17) is 9.31 Å². The summed E-state index contributed by atoms with van der Waals surface area (Å²) in [6, 6.07) is 2.24. The minimum absolute atomic E-state index is 0.266. The summed E-state index contributed by atoms with van der Waals surface area (Å²) in [5, 5.41) is 0. The summed E-state index contributed by atoms with van der Waals surface area (Å²) in [5.74, 6) is 0. The molecule has 0 aliphatic carbocycles. The van der Waals surface area contributed by atoms with Crippen LogP contribution in [0.3, 0.4) is 0 Å². The van der Waals surface area contributed by atoms with E-state index in [9.17, 15) is 13.2 Å². The van der Waals surface area contributed by atoms with Gasteiger partial charge >= 0.3 is 13.3 Å². The highest BCUT2D eigenvalue weighted by atomic mass is 79.9. The molecule has 0 saturated carbocycles. The minimum Gasteiger partial charge on any atom is -0.398 e. The van der Waals surface area contributed by atoms with Crippen LogP contribution in [0.2, 0.25) is 0 Å². The third kappa shape index (κ3) is 2.73. The molecule has 0 aromatic carbocycles. The molecule has 0 N–H and O–H groups in total. The van der Waals surface area contributed by atoms with Crippen LogP contribution in [-0.2, 0) is 15.5 Å². The van der Waals surface area contributed by atoms with Crippen molar-refractivity contribution in [2.24, 2.45) is 0 Å². The van der Waals surface area contributed by atoms with Gasteiger partial charge in [-0.1, -0.05) is 0 Å². The van der Waals surface area contributed by atoms with Crippen molar-refractivity contribution >= 4 is 28.6 Å².